The summed E-state index contributed by atoms with van der Waals surface area (Å²) >= 11 is 1.44. The lowest BCUT2D eigenvalue weighted by atomic mass is 10.1. The number of nitro benzene ring substituents is 1. The number of carbonyl (C=O) groups is 1. The minimum Gasteiger partial charge on any atom is -0.339 e. The maximum Gasteiger partial charge on any atom is 0.269 e. The van der Waals surface area contributed by atoms with Crippen LogP contribution >= 0.6 is 11.8 Å². The SMILES string of the molecule is Cc1cccc(CN2CCN(C(=O)C(C)Sc3ccc([N+](=O)[O-])cc3)CC2)c1. The molecule has 6 nitrogen and oxygen atoms in total. The first kappa shape index (κ1) is 20.4. The molecule has 2 aromatic carbocycles. The number of non-ortho nitro benzene ring substituents is 1. The van der Waals surface area contributed by atoms with Crippen LogP contribution in [-0.4, -0.2) is 52.1 Å². The van der Waals surface area contributed by atoms with Gasteiger partial charge in [-0.05, 0) is 31.5 Å². The molecule has 0 spiro atoms. The number of aryl methyl sites for hydroxylation is 1. The molecule has 1 saturated heterocycles. The van der Waals surface area contributed by atoms with E-state index in [2.05, 4.69) is 36.1 Å². The van der Waals surface area contributed by atoms with Crippen LogP contribution in [0, 0.1) is 17.0 Å². The van der Waals surface area contributed by atoms with E-state index in [1.54, 1.807) is 12.1 Å². The summed E-state index contributed by atoms with van der Waals surface area (Å²) in [5.74, 6) is 0.124. The van der Waals surface area contributed by atoms with Gasteiger partial charge in [-0.2, -0.15) is 0 Å². The summed E-state index contributed by atoms with van der Waals surface area (Å²) in [6.07, 6.45) is 0. The molecule has 0 radical (unpaired) electrons. The van der Waals surface area contributed by atoms with Crippen molar-refractivity contribution in [3.63, 3.8) is 0 Å². The Bertz CT molecular complexity index is 833. The largest absolute Gasteiger partial charge is 0.339 e. The molecule has 3 rings (SSSR count). The molecule has 2 aromatic rings. The first-order chi connectivity index (χ1) is 13.4. The van der Waals surface area contributed by atoms with Gasteiger partial charge in [-0.25, -0.2) is 0 Å². The minimum atomic E-state index is -0.417. The van der Waals surface area contributed by atoms with Gasteiger partial charge in [-0.15, -0.1) is 11.8 Å². The second-order valence-electron chi connectivity index (χ2n) is 7.10. The lowest BCUT2D eigenvalue weighted by Crippen LogP contribution is -2.50. The van der Waals surface area contributed by atoms with E-state index in [0.717, 1.165) is 37.6 Å². The fourth-order valence-electron chi connectivity index (χ4n) is 3.35. The average molecular weight is 400 g/mol. The number of rotatable bonds is 6. The van der Waals surface area contributed by atoms with Crippen molar-refractivity contribution in [2.75, 3.05) is 26.2 Å². The van der Waals surface area contributed by atoms with E-state index in [0.29, 0.717) is 0 Å². The van der Waals surface area contributed by atoms with E-state index in [4.69, 9.17) is 0 Å². The summed E-state index contributed by atoms with van der Waals surface area (Å²) in [6, 6.07) is 14.9. The van der Waals surface area contributed by atoms with E-state index in [9.17, 15) is 14.9 Å². The summed E-state index contributed by atoms with van der Waals surface area (Å²) in [5, 5.41) is 10.5. The van der Waals surface area contributed by atoms with Crippen molar-refractivity contribution in [2.24, 2.45) is 0 Å². The second kappa shape index (κ2) is 9.21. The molecule has 1 amide bonds. The van der Waals surface area contributed by atoms with Gasteiger partial charge in [0.1, 0.15) is 0 Å². The minimum absolute atomic E-state index is 0.0630. The Balaban J connectivity index is 1.49. The van der Waals surface area contributed by atoms with Gasteiger partial charge < -0.3 is 4.90 Å². The Morgan fingerprint density at radius 2 is 1.82 bits per heavy atom. The molecule has 1 fully saturated rings. The Morgan fingerprint density at radius 1 is 1.14 bits per heavy atom. The number of piperazine rings is 1. The third-order valence-electron chi connectivity index (χ3n) is 4.88. The molecule has 0 aromatic heterocycles. The molecule has 0 saturated carbocycles. The molecule has 148 valence electrons. The van der Waals surface area contributed by atoms with Crippen molar-refractivity contribution in [1.82, 2.24) is 9.80 Å². The quantitative estimate of drug-likeness (QED) is 0.421. The smallest absolute Gasteiger partial charge is 0.269 e. The molecule has 28 heavy (non-hydrogen) atoms. The van der Waals surface area contributed by atoms with Crippen molar-refractivity contribution in [1.29, 1.82) is 0 Å². The van der Waals surface area contributed by atoms with Gasteiger partial charge in [0.2, 0.25) is 5.91 Å². The summed E-state index contributed by atoms with van der Waals surface area (Å²) in [5.41, 5.74) is 2.64. The highest BCUT2D eigenvalue weighted by atomic mass is 32.2. The van der Waals surface area contributed by atoms with Crippen molar-refractivity contribution < 1.29 is 9.72 Å². The number of thioether (sulfide) groups is 1. The lowest BCUT2D eigenvalue weighted by Gasteiger charge is -2.36. The summed E-state index contributed by atoms with van der Waals surface area (Å²) < 4.78 is 0. The lowest BCUT2D eigenvalue weighted by molar-refractivity contribution is -0.384. The van der Waals surface area contributed by atoms with Crippen LogP contribution in [0.2, 0.25) is 0 Å². The third kappa shape index (κ3) is 5.33. The normalized spacial score (nSPS) is 16.0. The van der Waals surface area contributed by atoms with Crippen LogP contribution in [-0.2, 0) is 11.3 Å². The maximum absolute atomic E-state index is 12.8. The molecule has 0 N–H and O–H groups in total. The van der Waals surface area contributed by atoms with Crippen LogP contribution in [0.1, 0.15) is 18.1 Å². The number of nitro groups is 1. The first-order valence-electron chi connectivity index (χ1n) is 9.40. The Labute approximate surface area is 169 Å². The molecular weight excluding hydrogens is 374 g/mol. The standard InChI is InChI=1S/C21H25N3O3S/c1-16-4-3-5-18(14-16)15-22-10-12-23(13-11-22)21(25)17(2)28-20-8-6-19(7-9-20)24(26)27/h3-9,14,17H,10-13,15H2,1-2H3. The van der Waals surface area contributed by atoms with Crippen molar-refractivity contribution in [2.45, 2.75) is 30.5 Å². The van der Waals surface area contributed by atoms with E-state index >= 15 is 0 Å². The number of hydrogen-bond donors (Lipinski definition) is 0. The fourth-order valence-corrected chi connectivity index (χ4v) is 4.30. The highest BCUT2D eigenvalue weighted by molar-refractivity contribution is 8.00. The van der Waals surface area contributed by atoms with Gasteiger partial charge >= 0.3 is 0 Å². The molecule has 1 heterocycles. The summed E-state index contributed by atoms with van der Waals surface area (Å²) in [7, 11) is 0. The third-order valence-corrected chi connectivity index (χ3v) is 5.98. The number of hydrogen-bond acceptors (Lipinski definition) is 5. The zero-order valence-electron chi connectivity index (χ0n) is 16.2. The van der Waals surface area contributed by atoms with Crippen LogP contribution in [0.15, 0.2) is 53.4 Å². The van der Waals surface area contributed by atoms with Gasteiger partial charge in [-0.1, -0.05) is 29.8 Å². The average Bonchev–Trinajstić information content (AvgIpc) is 2.68. The first-order valence-corrected chi connectivity index (χ1v) is 10.3. The molecule has 1 aliphatic heterocycles. The second-order valence-corrected chi connectivity index (χ2v) is 8.52. The molecule has 1 aliphatic rings. The Kier molecular flexibility index (Phi) is 6.70. The van der Waals surface area contributed by atoms with Crippen LogP contribution in [0.25, 0.3) is 0 Å². The Morgan fingerprint density at radius 3 is 2.43 bits per heavy atom. The summed E-state index contributed by atoms with van der Waals surface area (Å²) in [4.78, 5) is 28.3. The molecule has 1 unspecified atom stereocenters. The highest BCUT2D eigenvalue weighted by Crippen LogP contribution is 2.26. The van der Waals surface area contributed by atoms with Gasteiger partial charge in [-0.3, -0.25) is 19.8 Å². The molecular formula is C21H25N3O3S. The topological polar surface area (TPSA) is 66.7 Å². The van der Waals surface area contributed by atoms with Gasteiger partial charge in [0.15, 0.2) is 0 Å². The van der Waals surface area contributed by atoms with Crippen LogP contribution in [0.5, 0.6) is 0 Å². The Hall–Kier alpha value is -2.38. The van der Waals surface area contributed by atoms with Gasteiger partial charge in [0.05, 0.1) is 10.2 Å². The van der Waals surface area contributed by atoms with Gasteiger partial charge in [0, 0.05) is 49.8 Å². The van der Waals surface area contributed by atoms with Crippen molar-refractivity contribution in [3.8, 4) is 0 Å². The van der Waals surface area contributed by atoms with E-state index in [-0.39, 0.29) is 16.8 Å². The highest BCUT2D eigenvalue weighted by Gasteiger charge is 2.25. The summed E-state index contributed by atoms with van der Waals surface area (Å²) in [6.45, 7) is 8.11. The van der Waals surface area contributed by atoms with E-state index in [1.165, 1.54) is 35.0 Å². The van der Waals surface area contributed by atoms with E-state index < -0.39 is 4.92 Å². The zero-order valence-corrected chi connectivity index (χ0v) is 17.0. The van der Waals surface area contributed by atoms with Gasteiger partial charge in [0.25, 0.3) is 5.69 Å². The maximum atomic E-state index is 12.8. The number of benzene rings is 2. The number of carbonyl (C=O) groups excluding carboxylic acids is 1. The predicted octanol–water partition coefficient (Wildman–Crippen LogP) is 3.73. The number of nitrogens with zero attached hydrogens (tertiary/aromatic N) is 3. The van der Waals surface area contributed by atoms with Crippen LogP contribution in [0.4, 0.5) is 5.69 Å². The molecule has 7 heteroatoms. The van der Waals surface area contributed by atoms with Crippen molar-refractivity contribution >= 4 is 23.4 Å². The molecule has 1 atom stereocenters. The monoisotopic (exact) mass is 399 g/mol. The molecule has 0 bridgehead atoms. The predicted molar refractivity (Wildman–Crippen MR) is 111 cm³/mol. The van der Waals surface area contributed by atoms with Crippen molar-refractivity contribution in [3.05, 3.63) is 69.8 Å². The zero-order chi connectivity index (χ0) is 20.1. The number of amides is 1. The van der Waals surface area contributed by atoms with Crippen LogP contribution in [0.3, 0.4) is 0 Å². The fraction of sp³-hybridized carbons (Fsp3) is 0.381. The molecule has 0 aliphatic carbocycles. The van der Waals surface area contributed by atoms with E-state index in [1.807, 2.05) is 11.8 Å². The van der Waals surface area contributed by atoms with Crippen LogP contribution < -0.4 is 0 Å².